The van der Waals surface area contributed by atoms with E-state index in [1.807, 2.05) is 0 Å². The van der Waals surface area contributed by atoms with E-state index in [1.54, 1.807) is 0 Å². The Morgan fingerprint density at radius 2 is 1.83 bits per heavy atom. The number of hydrogen-bond acceptors (Lipinski definition) is 5. The molecule has 3 N–H and O–H groups in total. The van der Waals surface area contributed by atoms with Crippen LogP contribution in [0, 0.1) is 0 Å². The molecule has 0 aromatic rings. The first-order valence-corrected chi connectivity index (χ1v) is 3.86. The fourth-order valence-corrected chi connectivity index (χ4v) is 1.74. The normalized spacial score (nSPS) is 59.0. The Balaban J connectivity index is 2.41. The van der Waals surface area contributed by atoms with Crippen LogP contribution in [0.5, 0.6) is 0 Å². The molecule has 0 spiro atoms. The Kier molecular flexibility index (Phi) is 1.40. The van der Waals surface area contributed by atoms with Crippen LogP contribution in [0.4, 0.5) is 0 Å². The lowest BCUT2D eigenvalue weighted by Crippen LogP contribution is -2.58. The zero-order valence-corrected chi connectivity index (χ0v) is 6.78. The molecule has 0 amide bonds. The largest absolute Gasteiger partial charge is 0.384 e. The minimum Gasteiger partial charge on any atom is -0.384 e. The molecule has 0 radical (unpaired) electrons. The van der Waals surface area contributed by atoms with E-state index in [1.165, 1.54) is 6.92 Å². The van der Waals surface area contributed by atoms with E-state index < -0.39 is 17.2 Å². The molecule has 70 valence electrons. The molecule has 2 aliphatic heterocycles. The lowest BCUT2D eigenvalue weighted by molar-refractivity contribution is -0.367. The molecule has 0 saturated carbocycles. The lowest BCUT2D eigenvalue weighted by Gasteiger charge is -2.34. The third-order valence-corrected chi connectivity index (χ3v) is 2.72. The summed E-state index contributed by atoms with van der Waals surface area (Å²) in [5, 5.41) is 29.1. The molecule has 2 saturated heterocycles. The van der Waals surface area contributed by atoms with Gasteiger partial charge in [-0.15, -0.1) is 0 Å². The first kappa shape index (κ1) is 8.40. The van der Waals surface area contributed by atoms with E-state index in [0.29, 0.717) is 0 Å². The van der Waals surface area contributed by atoms with Gasteiger partial charge in [0, 0.05) is 6.42 Å². The van der Waals surface area contributed by atoms with Crippen LogP contribution in [0.2, 0.25) is 0 Å². The predicted octanol–water partition coefficient (Wildman–Crippen LogP) is -1.43. The third kappa shape index (κ3) is 0.705. The van der Waals surface area contributed by atoms with E-state index in [-0.39, 0.29) is 19.6 Å². The fourth-order valence-electron chi connectivity index (χ4n) is 1.74. The van der Waals surface area contributed by atoms with Gasteiger partial charge in [0.2, 0.25) is 0 Å². The number of hydrogen-bond donors (Lipinski definition) is 3. The molecule has 12 heavy (non-hydrogen) atoms. The highest BCUT2D eigenvalue weighted by Crippen LogP contribution is 2.48. The van der Waals surface area contributed by atoms with Gasteiger partial charge in [0.25, 0.3) is 0 Å². The molecule has 2 rings (SSSR count). The standard InChI is InChI=1S/C7H12O5/c1-5(8)4-12-7(10)6(5,9)2-3-11-7/h8-10H,2-4H2,1H3. The van der Waals surface area contributed by atoms with E-state index in [2.05, 4.69) is 0 Å². The smallest absolute Gasteiger partial charge is 0.314 e. The van der Waals surface area contributed by atoms with E-state index >= 15 is 0 Å². The molecule has 2 heterocycles. The second-order valence-electron chi connectivity index (χ2n) is 3.60. The van der Waals surface area contributed by atoms with Crippen molar-refractivity contribution in [2.75, 3.05) is 13.2 Å². The van der Waals surface area contributed by atoms with E-state index in [0.717, 1.165) is 0 Å². The summed E-state index contributed by atoms with van der Waals surface area (Å²) in [6.45, 7) is 1.48. The monoisotopic (exact) mass is 176 g/mol. The maximum Gasteiger partial charge on any atom is 0.314 e. The minimum absolute atomic E-state index is 0.125. The Hall–Kier alpha value is -0.200. The van der Waals surface area contributed by atoms with Gasteiger partial charge in [-0.25, -0.2) is 0 Å². The highest BCUT2D eigenvalue weighted by Gasteiger charge is 2.70. The van der Waals surface area contributed by atoms with Crippen LogP contribution >= 0.6 is 0 Å². The summed E-state index contributed by atoms with van der Waals surface area (Å²) in [7, 11) is 0. The summed E-state index contributed by atoms with van der Waals surface area (Å²) in [6, 6.07) is 0. The van der Waals surface area contributed by atoms with Crippen LogP contribution in [0.1, 0.15) is 13.3 Å². The van der Waals surface area contributed by atoms with Gasteiger partial charge < -0.3 is 24.8 Å². The van der Waals surface area contributed by atoms with Gasteiger partial charge in [-0.05, 0) is 6.92 Å². The summed E-state index contributed by atoms with van der Waals surface area (Å²) in [4.78, 5) is 0. The quantitative estimate of drug-likeness (QED) is 0.421. The molecule has 5 nitrogen and oxygen atoms in total. The SMILES string of the molecule is CC1(O)COC2(O)OCCC12O. The molecule has 2 fully saturated rings. The van der Waals surface area contributed by atoms with E-state index in [4.69, 9.17) is 9.47 Å². The minimum atomic E-state index is -2.02. The molecule has 5 heteroatoms. The van der Waals surface area contributed by atoms with Crippen molar-refractivity contribution < 1.29 is 24.8 Å². The van der Waals surface area contributed by atoms with Crippen molar-refractivity contribution in [2.24, 2.45) is 0 Å². The zero-order chi connectivity index (χ0) is 9.04. The van der Waals surface area contributed by atoms with Crippen molar-refractivity contribution in [2.45, 2.75) is 30.5 Å². The summed E-state index contributed by atoms with van der Waals surface area (Å²) in [5.41, 5.74) is -3.14. The van der Waals surface area contributed by atoms with Gasteiger partial charge in [0.05, 0.1) is 13.2 Å². The molecule has 2 aliphatic rings. The Morgan fingerprint density at radius 1 is 1.17 bits per heavy atom. The van der Waals surface area contributed by atoms with Crippen molar-refractivity contribution in [3.05, 3.63) is 0 Å². The van der Waals surface area contributed by atoms with Crippen molar-refractivity contribution in [3.63, 3.8) is 0 Å². The maximum absolute atomic E-state index is 9.87. The third-order valence-electron chi connectivity index (χ3n) is 2.72. The van der Waals surface area contributed by atoms with Gasteiger partial charge in [0.1, 0.15) is 5.60 Å². The molecular formula is C7H12O5. The molecule has 0 aromatic carbocycles. The van der Waals surface area contributed by atoms with Crippen LogP contribution in [-0.2, 0) is 9.47 Å². The van der Waals surface area contributed by atoms with Crippen LogP contribution in [0.25, 0.3) is 0 Å². The number of rotatable bonds is 0. The highest BCUT2D eigenvalue weighted by atomic mass is 16.8. The summed E-state index contributed by atoms with van der Waals surface area (Å²) in [5.74, 6) is -2.02. The summed E-state index contributed by atoms with van der Waals surface area (Å²) in [6.07, 6.45) is 0.177. The highest BCUT2D eigenvalue weighted by molar-refractivity contribution is 5.10. The fraction of sp³-hybridized carbons (Fsp3) is 1.00. The van der Waals surface area contributed by atoms with Crippen LogP contribution in [0.15, 0.2) is 0 Å². The number of aliphatic hydroxyl groups is 3. The molecule has 0 bridgehead atoms. The predicted molar refractivity (Wildman–Crippen MR) is 37.0 cm³/mol. The van der Waals surface area contributed by atoms with Gasteiger partial charge in [0.15, 0.2) is 5.60 Å². The molecule has 3 unspecified atom stereocenters. The average Bonchev–Trinajstić information content (AvgIpc) is 2.34. The van der Waals surface area contributed by atoms with Crippen molar-refractivity contribution >= 4 is 0 Å². The lowest BCUT2D eigenvalue weighted by atomic mass is 9.84. The first-order valence-electron chi connectivity index (χ1n) is 3.86. The number of ether oxygens (including phenoxy) is 2. The second kappa shape index (κ2) is 2.00. The van der Waals surface area contributed by atoms with Crippen LogP contribution in [-0.4, -0.2) is 45.7 Å². The Labute approximate surface area is 69.5 Å². The number of fused-ring (bicyclic) bond motifs is 1. The zero-order valence-electron chi connectivity index (χ0n) is 6.78. The van der Waals surface area contributed by atoms with Crippen molar-refractivity contribution in [3.8, 4) is 0 Å². The van der Waals surface area contributed by atoms with Gasteiger partial charge in [-0.2, -0.15) is 0 Å². The van der Waals surface area contributed by atoms with E-state index in [9.17, 15) is 15.3 Å². The van der Waals surface area contributed by atoms with Gasteiger partial charge in [-0.3, -0.25) is 0 Å². The van der Waals surface area contributed by atoms with Crippen molar-refractivity contribution in [1.29, 1.82) is 0 Å². The van der Waals surface area contributed by atoms with Gasteiger partial charge in [-0.1, -0.05) is 0 Å². The van der Waals surface area contributed by atoms with Crippen LogP contribution < -0.4 is 0 Å². The molecule has 3 atom stereocenters. The first-order chi connectivity index (χ1) is 5.41. The topological polar surface area (TPSA) is 79.2 Å². The maximum atomic E-state index is 9.87. The van der Waals surface area contributed by atoms with Gasteiger partial charge >= 0.3 is 5.97 Å². The van der Waals surface area contributed by atoms with Crippen LogP contribution in [0.3, 0.4) is 0 Å². The molecule has 0 aromatic heterocycles. The van der Waals surface area contributed by atoms with Crippen molar-refractivity contribution in [1.82, 2.24) is 0 Å². The Bertz CT molecular complexity index is 216. The summed E-state index contributed by atoms with van der Waals surface area (Å²) < 4.78 is 9.64. The molecule has 0 aliphatic carbocycles. The average molecular weight is 176 g/mol. The Morgan fingerprint density at radius 3 is 2.42 bits per heavy atom. The molecular weight excluding hydrogens is 164 g/mol. The second-order valence-corrected chi connectivity index (χ2v) is 3.60. The summed E-state index contributed by atoms with van der Waals surface area (Å²) >= 11 is 0.